The van der Waals surface area contributed by atoms with Crippen molar-refractivity contribution in [2.45, 2.75) is 47.0 Å². The van der Waals surface area contributed by atoms with Crippen molar-refractivity contribution in [3.05, 3.63) is 119 Å². The summed E-state index contributed by atoms with van der Waals surface area (Å²) in [4.78, 5) is 10.3. The van der Waals surface area contributed by atoms with Crippen LogP contribution < -0.4 is 0 Å². The molecule has 0 bridgehead atoms. The van der Waals surface area contributed by atoms with Gasteiger partial charge in [-0.1, -0.05) is 56.0 Å². The van der Waals surface area contributed by atoms with Gasteiger partial charge in [0.15, 0.2) is 0 Å². The van der Waals surface area contributed by atoms with Gasteiger partial charge in [0.1, 0.15) is 5.58 Å². The predicted molar refractivity (Wildman–Crippen MR) is 173 cm³/mol. The Morgan fingerprint density at radius 2 is 1.60 bits per heavy atom. The summed E-state index contributed by atoms with van der Waals surface area (Å²) in [5, 5.41) is 3.51. The van der Waals surface area contributed by atoms with Gasteiger partial charge < -0.3 is 14.4 Å². The minimum absolute atomic E-state index is 0. The molecule has 0 unspecified atom stereocenters. The molecule has 213 valence electrons. The molecule has 42 heavy (non-hydrogen) atoms. The number of hydrogen-bond acceptors (Lipinski definition) is 4. The Morgan fingerprint density at radius 1 is 0.786 bits per heavy atom. The maximum Gasteiger partial charge on any atom is 0.129 e. The topological polar surface area (TPSA) is 38.9 Å². The molecule has 0 spiro atoms. The second kappa shape index (κ2) is 11.9. The van der Waals surface area contributed by atoms with Gasteiger partial charge in [-0.2, -0.15) is 0 Å². The van der Waals surface area contributed by atoms with Crippen LogP contribution in [0.2, 0.25) is 0 Å². The van der Waals surface area contributed by atoms with Gasteiger partial charge >= 0.3 is 0 Å². The molecule has 5 heteroatoms. The number of thiophene rings is 1. The van der Waals surface area contributed by atoms with Gasteiger partial charge in [-0.3, -0.25) is 0 Å². The van der Waals surface area contributed by atoms with Crippen LogP contribution in [0.25, 0.3) is 54.5 Å². The fourth-order valence-electron chi connectivity index (χ4n) is 5.05. The van der Waals surface area contributed by atoms with Gasteiger partial charge in [-0.15, -0.1) is 65.4 Å². The van der Waals surface area contributed by atoms with Gasteiger partial charge in [0, 0.05) is 52.8 Å². The molecule has 4 heterocycles. The van der Waals surface area contributed by atoms with E-state index in [1.54, 1.807) is 0 Å². The van der Waals surface area contributed by atoms with Gasteiger partial charge in [-0.05, 0) is 66.4 Å². The van der Waals surface area contributed by atoms with Gasteiger partial charge in [0.05, 0.1) is 5.58 Å². The average molecular weight is 745 g/mol. The van der Waals surface area contributed by atoms with E-state index < -0.39 is 0 Å². The first kappa shape index (κ1) is 29.8. The molecular formula is C37H32IrN2OS-2. The first-order valence-electron chi connectivity index (χ1n) is 13.8. The van der Waals surface area contributed by atoms with Crippen LogP contribution >= 0.6 is 11.3 Å². The standard InChI is InChI=1S/C25H22NOS.C12H10N.Ir/c1-14-15(2)28-21-10-9-18-17-7-6-8-19(23(17)27-24(18)22(14)21)20-13-16(11-12-26-20)25(3,4)5;1-10-7-8-12(13-9-10)11-5-3-2-4-6-11;/h6-7,9-13H,1-5H3;2-5,7-9H,1H3;/q2*-1;. The van der Waals surface area contributed by atoms with Crippen LogP contribution in [-0.4, -0.2) is 9.97 Å². The molecule has 0 atom stereocenters. The number of aromatic nitrogens is 2. The number of rotatable bonds is 2. The van der Waals surface area contributed by atoms with E-state index in [9.17, 15) is 0 Å². The minimum Gasteiger partial charge on any atom is -0.500 e. The van der Waals surface area contributed by atoms with Crippen LogP contribution in [0.4, 0.5) is 0 Å². The third kappa shape index (κ3) is 5.70. The number of furan rings is 1. The van der Waals surface area contributed by atoms with Crippen LogP contribution in [0.1, 0.15) is 42.3 Å². The zero-order valence-electron chi connectivity index (χ0n) is 24.6. The van der Waals surface area contributed by atoms with E-state index in [1.807, 2.05) is 67.1 Å². The van der Waals surface area contributed by atoms with Crippen molar-refractivity contribution in [2.75, 3.05) is 0 Å². The van der Waals surface area contributed by atoms with Crippen LogP contribution in [0.3, 0.4) is 0 Å². The van der Waals surface area contributed by atoms with Crippen molar-refractivity contribution in [3.63, 3.8) is 0 Å². The normalized spacial score (nSPS) is 11.4. The van der Waals surface area contributed by atoms with E-state index in [0.29, 0.717) is 0 Å². The number of nitrogens with zero attached hydrogens (tertiary/aromatic N) is 2. The van der Waals surface area contributed by atoms with Crippen molar-refractivity contribution in [1.29, 1.82) is 0 Å². The maximum absolute atomic E-state index is 6.51. The van der Waals surface area contributed by atoms with E-state index in [-0.39, 0.29) is 25.5 Å². The Labute approximate surface area is 265 Å². The Kier molecular flexibility index (Phi) is 8.48. The first-order valence-corrected chi connectivity index (χ1v) is 14.6. The molecule has 3 nitrogen and oxygen atoms in total. The molecule has 0 fully saturated rings. The summed E-state index contributed by atoms with van der Waals surface area (Å²) < 4.78 is 7.78. The fraction of sp³-hybridized carbons (Fsp3) is 0.189. The van der Waals surface area contributed by atoms with Gasteiger partial charge in [0.2, 0.25) is 0 Å². The SMILES string of the molecule is Cc1ccc(-c2[c-]cccc2)nc1.Cc1sc2ccc3c4cc[c-]c(-c5cc(C(C)(C)C)ccn5)c4oc3c2c1C.[Ir]. The third-order valence-corrected chi connectivity index (χ3v) is 8.68. The zero-order valence-corrected chi connectivity index (χ0v) is 27.8. The molecule has 0 aliphatic rings. The summed E-state index contributed by atoms with van der Waals surface area (Å²) in [5.41, 5.74) is 9.51. The smallest absolute Gasteiger partial charge is 0.129 e. The van der Waals surface area contributed by atoms with Crippen molar-refractivity contribution in [1.82, 2.24) is 9.97 Å². The van der Waals surface area contributed by atoms with Gasteiger partial charge in [-0.25, -0.2) is 0 Å². The summed E-state index contributed by atoms with van der Waals surface area (Å²) in [6.45, 7) is 13.0. The van der Waals surface area contributed by atoms with Crippen LogP contribution in [0, 0.1) is 32.9 Å². The number of pyridine rings is 2. The monoisotopic (exact) mass is 745 g/mol. The number of fused-ring (bicyclic) bond motifs is 5. The summed E-state index contributed by atoms with van der Waals surface area (Å²) in [5.74, 6) is 0. The van der Waals surface area contributed by atoms with Crippen molar-refractivity contribution < 1.29 is 24.5 Å². The molecule has 0 amide bonds. The van der Waals surface area contributed by atoms with Gasteiger partial charge in [0.25, 0.3) is 0 Å². The molecule has 0 saturated carbocycles. The molecule has 0 saturated heterocycles. The van der Waals surface area contributed by atoms with E-state index in [4.69, 9.17) is 4.42 Å². The van der Waals surface area contributed by atoms with E-state index in [1.165, 1.54) is 31.7 Å². The molecule has 3 aromatic carbocycles. The van der Waals surface area contributed by atoms with Crippen LogP contribution in [0.5, 0.6) is 0 Å². The summed E-state index contributed by atoms with van der Waals surface area (Å²) in [6.07, 6.45) is 3.76. The molecule has 0 aliphatic carbocycles. The molecule has 1 radical (unpaired) electrons. The third-order valence-electron chi connectivity index (χ3n) is 7.51. The second-order valence-electron chi connectivity index (χ2n) is 11.5. The average Bonchev–Trinajstić information content (AvgIpc) is 3.50. The Morgan fingerprint density at radius 3 is 2.31 bits per heavy atom. The molecule has 7 rings (SSSR count). The van der Waals surface area contributed by atoms with Crippen molar-refractivity contribution in [3.8, 4) is 22.5 Å². The Balaban J connectivity index is 0.000000212. The van der Waals surface area contributed by atoms with E-state index in [2.05, 4.69) is 93.1 Å². The molecule has 7 aromatic rings. The minimum atomic E-state index is 0. The molecular weight excluding hydrogens is 713 g/mol. The largest absolute Gasteiger partial charge is 0.500 e. The zero-order chi connectivity index (χ0) is 28.7. The van der Waals surface area contributed by atoms with E-state index >= 15 is 0 Å². The fourth-order valence-corrected chi connectivity index (χ4v) is 6.12. The molecule has 0 aliphatic heterocycles. The summed E-state index contributed by atoms with van der Waals surface area (Å²) >= 11 is 1.83. The predicted octanol–water partition coefficient (Wildman–Crippen LogP) is 10.4. The summed E-state index contributed by atoms with van der Waals surface area (Å²) in [7, 11) is 0. The molecule has 4 aromatic heterocycles. The quantitative estimate of drug-likeness (QED) is 0.166. The van der Waals surface area contributed by atoms with Crippen LogP contribution in [0.15, 0.2) is 89.6 Å². The second-order valence-corrected chi connectivity index (χ2v) is 12.7. The number of hydrogen-bond donors (Lipinski definition) is 0. The maximum atomic E-state index is 6.51. The summed E-state index contributed by atoms with van der Waals surface area (Å²) in [6, 6.07) is 31.2. The van der Waals surface area contributed by atoms with Crippen LogP contribution in [-0.2, 0) is 25.5 Å². The Bertz CT molecular complexity index is 2000. The number of benzene rings is 3. The molecule has 0 N–H and O–H groups in total. The van der Waals surface area contributed by atoms with Crippen molar-refractivity contribution >= 4 is 43.4 Å². The number of aryl methyl sites for hydroxylation is 3. The van der Waals surface area contributed by atoms with E-state index in [0.717, 1.165) is 44.5 Å². The van der Waals surface area contributed by atoms with Crippen molar-refractivity contribution in [2.24, 2.45) is 0 Å². The first-order chi connectivity index (χ1) is 19.7. The Hall–Kier alpha value is -3.63.